The van der Waals surface area contributed by atoms with E-state index in [1.807, 2.05) is 48.7 Å². The number of thioether (sulfide) groups is 1. The van der Waals surface area contributed by atoms with Gasteiger partial charge >= 0.3 is 0 Å². The second-order valence-electron chi connectivity index (χ2n) is 5.94. The molecule has 2 nitrogen and oxygen atoms in total. The van der Waals surface area contributed by atoms with Crippen LogP contribution in [0.3, 0.4) is 0 Å². The van der Waals surface area contributed by atoms with Crippen LogP contribution >= 0.6 is 11.8 Å². The summed E-state index contributed by atoms with van der Waals surface area (Å²) < 4.78 is 5.67. The van der Waals surface area contributed by atoms with Gasteiger partial charge in [0, 0.05) is 27.0 Å². The van der Waals surface area contributed by atoms with Crippen LogP contribution in [0.1, 0.15) is 35.3 Å². The van der Waals surface area contributed by atoms with E-state index in [1.54, 1.807) is 11.8 Å². The number of carbonyl (C=O) groups excluding carboxylic acids is 1. The highest BCUT2D eigenvalue weighted by molar-refractivity contribution is 7.98. The Morgan fingerprint density at radius 2 is 1.76 bits per heavy atom. The van der Waals surface area contributed by atoms with Crippen LogP contribution in [-0.2, 0) is 5.41 Å². The van der Waals surface area contributed by atoms with E-state index in [0.717, 1.165) is 27.3 Å². The highest BCUT2D eigenvalue weighted by Crippen LogP contribution is 2.39. The van der Waals surface area contributed by atoms with Gasteiger partial charge in [0.15, 0.2) is 5.78 Å². The molecule has 0 N–H and O–H groups in total. The SMILES string of the molecule is CSc1ccc(C(=O)c2ccc3c(c2)C(C)(C)CO3)cc1. The predicted molar refractivity (Wildman–Crippen MR) is 86.6 cm³/mol. The van der Waals surface area contributed by atoms with Gasteiger partial charge in [-0.25, -0.2) is 0 Å². The van der Waals surface area contributed by atoms with Crippen molar-refractivity contribution in [3.05, 3.63) is 59.2 Å². The summed E-state index contributed by atoms with van der Waals surface area (Å²) in [6.07, 6.45) is 2.03. The van der Waals surface area contributed by atoms with E-state index in [0.29, 0.717) is 6.61 Å². The molecule has 0 atom stereocenters. The van der Waals surface area contributed by atoms with Gasteiger partial charge in [0.2, 0.25) is 0 Å². The highest BCUT2D eigenvalue weighted by atomic mass is 32.2. The fraction of sp³-hybridized carbons (Fsp3) is 0.278. The number of rotatable bonds is 3. The molecule has 3 rings (SSSR count). The van der Waals surface area contributed by atoms with E-state index in [9.17, 15) is 4.79 Å². The average molecular weight is 298 g/mol. The number of carbonyl (C=O) groups is 1. The van der Waals surface area contributed by atoms with E-state index in [4.69, 9.17) is 4.74 Å². The molecule has 1 aliphatic heterocycles. The molecule has 0 spiro atoms. The zero-order valence-corrected chi connectivity index (χ0v) is 13.3. The van der Waals surface area contributed by atoms with E-state index >= 15 is 0 Å². The van der Waals surface area contributed by atoms with Gasteiger partial charge in [0.1, 0.15) is 5.75 Å². The smallest absolute Gasteiger partial charge is 0.193 e. The lowest BCUT2D eigenvalue weighted by Crippen LogP contribution is -2.18. The summed E-state index contributed by atoms with van der Waals surface area (Å²) in [5, 5.41) is 0. The summed E-state index contributed by atoms with van der Waals surface area (Å²) in [4.78, 5) is 13.8. The minimum Gasteiger partial charge on any atom is -0.492 e. The molecular formula is C18H18O2S. The third-order valence-electron chi connectivity index (χ3n) is 3.91. The Morgan fingerprint density at radius 1 is 1.10 bits per heavy atom. The number of hydrogen-bond acceptors (Lipinski definition) is 3. The van der Waals surface area contributed by atoms with Crippen LogP contribution in [0.4, 0.5) is 0 Å². The van der Waals surface area contributed by atoms with Gasteiger partial charge in [-0.05, 0) is 48.7 Å². The Hall–Kier alpha value is -1.74. The summed E-state index contributed by atoms with van der Waals surface area (Å²) in [6, 6.07) is 13.5. The van der Waals surface area contributed by atoms with Gasteiger partial charge in [-0.3, -0.25) is 4.79 Å². The van der Waals surface area contributed by atoms with Crippen molar-refractivity contribution in [2.24, 2.45) is 0 Å². The molecule has 0 fully saturated rings. The summed E-state index contributed by atoms with van der Waals surface area (Å²) >= 11 is 1.67. The molecule has 0 saturated heterocycles. The van der Waals surface area contributed by atoms with Crippen molar-refractivity contribution < 1.29 is 9.53 Å². The van der Waals surface area contributed by atoms with Gasteiger partial charge in [0.05, 0.1) is 6.61 Å². The summed E-state index contributed by atoms with van der Waals surface area (Å²) in [6.45, 7) is 4.95. The molecule has 2 aromatic rings. The molecule has 0 unspecified atom stereocenters. The van der Waals surface area contributed by atoms with Crippen molar-refractivity contribution in [1.82, 2.24) is 0 Å². The predicted octanol–water partition coefficient (Wildman–Crippen LogP) is 4.31. The number of ether oxygens (including phenoxy) is 1. The quantitative estimate of drug-likeness (QED) is 0.624. The maximum absolute atomic E-state index is 12.6. The van der Waals surface area contributed by atoms with Crippen LogP contribution in [0.25, 0.3) is 0 Å². The van der Waals surface area contributed by atoms with Gasteiger partial charge in [-0.15, -0.1) is 11.8 Å². The average Bonchev–Trinajstić information content (AvgIpc) is 2.82. The third-order valence-corrected chi connectivity index (χ3v) is 4.66. The molecule has 0 aromatic heterocycles. The molecule has 2 aromatic carbocycles. The molecule has 3 heteroatoms. The number of hydrogen-bond donors (Lipinski definition) is 0. The van der Waals surface area contributed by atoms with E-state index in [1.165, 1.54) is 0 Å². The second-order valence-corrected chi connectivity index (χ2v) is 6.82. The Balaban J connectivity index is 1.95. The Kier molecular flexibility index (Phi) is 3.54. The monoisotopic (exact) mass is 298 g/mol. The number of benzene rings is 2. The molecule has 0 amide bonds. The lowest BCUT2D eigenvalue weighted by atomic mass is 9.85. The van der Waals surface area contributed by atoms with Crippen LogP contribution < -0.4 is 4.74 Å². The van der Waals surface area contributed by atoms with Crippen LogP contribution in [0.15, 0.2) is 47.4 Å². The molecule has 0 aliphatic carbocycles. The van der Waals surface area contributed by atoms with Crippen LogP contribution in [-0.4, -0.2) is 18.6 Å². The first kappa shape index (κ1) is 14.2. The van der Waals surface area contributed by atoms with Crippen molar-refractivity contribution in [3.8, 4) is 5.75 Å². The first-order valence-electron chi connectivity index (χ1n) is 6.97. The second kappa shape index (κ2) is 5.23. The van der Waals surface area contributed by atoms with Crippen LogP contribution in [0, 0.1) is 0 Å². The summed E-state index contributed by atoms with van der Waals surface area (Å²) in [5.41, 5.74) is 2.54. The molecule has 21 heavy (non-hydrogen) atoms. The summed E-state index contributed by atoms with van der Waals surface area (Å²) in [5.74, 6) is 0.961. The molecular weight excluding hydrogens is 280 g/mol. The normalized spacial score (nSPS) is 15.4. The molecule has 1 aliphatic rings. The minimum absolute atomic E-state index is 0.0334. The lowest BCUT2D eigenvalue weighted by Gasteiger charge is -2.15. The van der Waals surface area contributed by atoms with Crippen LogP contribution in [0.5, 0.6) is 5.75 Å². The largest absolute Gasteiger partial charge is 0.492 e. The maximum Gasteiger partial charge on any atom is 0.193 e. The topological polar surface area (TPSA) is 26.3 Å². The van der Waals surface area contributed by atoms with Gasteiger partial charge in [-0.1, -0.05) is 13.8 Å². The standard InChI is InChI=1S/C18H18O2S/c1-18(2)11-20-16-9-6-13(10-15(16)18)17(19)12-4-7-14(21-3)8-5-12/h4-10H,11H2,1-3H3. The van der Waals surface area contributed by atoms with Crippen molar-refractivity contribution >= 4 is 17.5 Å². The first-order chi connectivity index (χ1) is 10.0. The van der Waals surface area contributed by atoms with E-state index < -0.39 is 0 Å². The minimum atomic E-state index is -0.0334. The van der Waals surface area contributed by atoms with Crippen molar-refractivity contribution in [3.63, 3.8) is 0 Å². The van der Waals surface area contributed by atoms with Gasteiger partial charge in [-0.2, -0.15) is 0 Å². The first-order valence-corrected chi connectivity index (χ1v) is 8.20. The van der Waals surface area contributed by atoms with Crippen LogP contribution in [0.2, 0.25) is 0 Å². The zero-order chi connectivity index (χ0) is 15.0. The van der Waals surface area contributed by atoms with Crippen molar-refractivity contribution in [1.29, 1.82) is 0 Å². The van der Waals surface area contributed by atoms with Gasteiger partial charge < -0.3 is 4.74 Å². The van der Waals surface area contributed by atoms with Crippen molar-refractivity contribution in [2.45, 2.75) is 24.2 Å². The Morgan fingerprint density at radius 3 is 2.43 bits per heavy atom. The molecule has 1 heterocycles. The Bertz CT molecular complexity index is 687. The Labute approximate surface area is 129 Å². The van der Waals surface area contributed by atoms with Gasteiger partial charge in [0.25, 0.3) is 0 Å². The van der Waals surface area contributed by atoms with E-state index in [-0.39, 0.29) is 11.2 Å². The molecule has 0 saturated carbocycles. The highest BCUT2D eigenvalue weighted by Gasteiger charge is 2.32. The summed E-state index contributed by atoms with van der Waals surface area (Å²) in [7, 11) is 0. The fourth-order valence-corrected chi connectivity index (χ4v) is 2.98. The third kappa shape index (κ3) is 2.58. The zero-order valence-electron chi connectivity index (χ0n) is 12.5. The van der Waals surface area contributed by atoms with Crippen molar-refractivity contribution in [2.75, 3.05) is 12.9 Å². The molecule has 108 valence electrons. The lowest BCUT2D eigenvalue weighted by molar-refractivity contribution is 0.103. The molecule has 0 bridgehead atoms. The molecule has 0 radical (unpaired) electrons. The number of fused-ring (bicyclic) bond motifs is 1. The maximum atomic E-state index is 12.6. The number of ketones is 1. The van der Waals surface area contributed by atoms with E-state index in [2.05, 4.69) is 13.8 Å². The fourth-order valence-electron chi connectivity index (χ4n) is 2.57.